The Labute approximate surface area is 91.3 Å². The third-order valence-electron chi connectivity index (χ3n) is 1.79. The van der Waals surface area contributed by atoms with Gasteiger partial charge in [0.2, 0.25) is 0 Å². The number of benzene rings is 2. The van der Waals surface area contributed by atoms with Crippen molar-refractivity contribution in [3.63, 3.8) is 0 Å². The van der Waals surface area contributed by atoms with E-state index in [2.05, 4.69) is 10.2 Å². The Morgan fingerprint density at radius 2 is 0.867 bits per heavy atom. The first-order valence-corrected chi connectivity index (χ1v) is 4.47. The molecule has 15 heavy (non-hydrogen) atoms. The molecular weight excluding hydrogens is 183 g/mol. The fourth-order valence-corrected chi connectivity index (χ4v) is 1.10. The lowest BCUT2D eigenvalue weighted by Crippen LogP contribution is -1.62. The van der Waals surface area contributed by atoms with Gasteiger partial charge < -0.3 is 0 Å². The van der Waals surface area contributed by atoms with E-state index >= 15 is 0 Å². The zero-order chi connectivity index (χ0) is 9.64. The molecule has 0 aliphatic carbocycles. The average molecular weight is 193 g/mol. The fraction of sp³-hybridized carbons (Fsp3) is 0. The molecule has 0 atom stereocenters. The van der Waals surface area contributed by atoms with Crippen molar-refractivity contribution >= 4 is 19.8 Å². The molecular formula is C12H10BN2. The lowest BCUT2D eigenvalue weighted by atomic mass is 10.3. The summed E-state index contributed by atoms with van der Waals surface area (Å²) in [5.74, 6) is 0. The summed E-state index contributed by atoms with van der Waals surface area (Å²) in [5, 5.41) is 8.20. The van der Waals surface area contributed by atoms with E-state index in [1.807, 2.05) is 60.7 Å². The van der Waals surface area contributed by atoms with Gasteiger partial charge in [0.1, 0.15) is 0 Å². The van der Waals surface area contributed by atoms with Gasteiger partial charge in [0, 0.05) is 8.41 Å². The van der Waals surface area contributed by atoms with Gasteiger partial charge in [-0.05, 0) is 24.3 Å². The lowest BCUT2D eigenvalue weighted by Gasteiger charge is -1.91. The van der Waals surface area contributed by atoms with E-state index in [4.69, 9.17) is 0 Å². The van der Waals surface area contributed by atoms with Crippen LogP contribution in [0, 0.1) is 0 Å². The molecule has 0 aliphatic rings. The third-order valence-corrected chi connectivity index (χ3v) is 1.79. The van der Waals surface area contributed by atoms with Crippen molar-refractivity contribution in [2.24, 2.45) is 10.2 Å². The minimum Gasteiger partial charge on any atom is -0.151 e. The Balaban J connectivity index is 0.00000112. The molecule has 2 nitrogen and oxygen atoms in total. The van der Waals surface area contributed by atoms with E-state index in [1.165, 1.54) is 0 Å². The summed E-state index contributed by atoms with van der Waals surface area (Å²) in [5.41, 5.74) is 1.74. The van der Waals surface area contributed by atoms with Crippen LogP contribution >= 0.6 is 0 Å². The molecule has 0 aliphatic heterocycles. The van der Waals surface area contributed by atoms with Gasteiger partial charge in [-0.2, -0.15) is 10.2 Å². The highest BCUT2D eigenvalue weighted by Gasteiger charge is 1.86. The molecule has 0 amide bonds. The molecule has 2 rings (SSSR count). The van der Waals surface area contributed by atoms with E-state index in [0.29, 0.717) is 0 Å². The summed E-state index contributed by atoms with van der Waals surface area (Å²) in [6, 6.07) is 19.4. The van der Waals surface area contributed by atoms with Gasteiger partial charge in [-0.25, -0.2) is 0 Å². The van der Waals surface area contributed by atoms with Crippen molar-refractivity contribution in [1.29, 1.82) is 0 Å². The summed E-state index contributed by atoms with van der Waals surface area (Å²) < 4.78 is 0. The average Bonchev–Trinajstić information content (AvgIpc) is 2.29. The molecule has 2 aromatic carbocycles. The Hall–Kier alpha value is -1.90. The van der Waals surface area contributed by atoms with E-state index in [1.54, 1.807) is 0 Å². The van der Waals surface area contributed by atoms with Crippen molar-refractivity contribution in [2.75, 3.05) is 0 Å². The minimum absolute atomic E-state index is 0. The van der Waals surface area contributed by atoms with Crippen molar-refractivity contribution in [1.82, 2.24) is 0 Å². The summed E-state index contributed by atoms with van der Waals surface area (Å²) in [4.78, 5) is 0. The van der Waals surface area contributed by atoms with Gasteiger partial charge in [0.15, 0.2) is 0 Å². The van der Waals surface area contributed by atoms with Crippen LogP contribution < -0.4 is 0 Å². The van der Waals surface area contributed by atoms with Crippen molar-refractivity contribution in [3.8, 4) is 0 Å². The highest BCUT2D eigenvalue weighted by atomic mass is 15.1. The van der Waals surface area contributed by atoms with Crippen molar-refractivity contribution in [3.05, 3.63) is 60.7 Å². The lowest BCUT2D eigenvalue weighted by molar-refractivity contribution is 1.23. The van der Waals surface area contributed by atoms with Crippen LogP contribution in [0.15, 0.2) is 70.9 Å². The van der Waals surface area contributed by atoms with Crippen LogP contribution in [0.25, 0.3) is 0 Å². The zero-order valence-electron chi connectivity index (χ0n) is 8.25. The highest BCUT2D eigenvalue weighted by molar-refractivity contribution is 5.75. The Morgan fingerprint density at radius 3 is 1.20 bits per heavy atom. The Bertz CT molecular complexity index is 371. The maximum absolute atomic E-state index is 4.10. The maximum atomic E-state index is 4.10. The summed E-state index contributed by atoms with van der Waals surface area (Å²) in [6.07, 6.45) is 0. The molecule has 71 valence electrons. The predicted molar refractivity (Wildman–Crippen MR) is 62.8 cm³/mol. The SMILES string of the molecule is [B].c1ccc(N=Nc2ccccc2)cc1. The number of nitrogens with zero attached hydrogens (tertiary/aromatic N) is 2. The third kappa shape index (κ3) is 3.39. The number of hydrogen-bond donors (Lipinski definition) is 0. The minimum atomic E-state index is 0. The van der Waals surface area contributed by atoms with Gasteiger partial charge >= 0.3 is 0 Å². The molecule has 3 heteroatoms. The molecule has 2 aromatic rings. The van der Waals surface area contributed by atoms with Crippen LogP contribution in [0.1, 0.15) is 0 Å². The van der Waals surface area contributed by atoms with E-state index in [9.17, 15) is 0 Å². The molecule has 0 saturated carbocycles. The highest BCUT2D eigenvalue weighted by Crippen LogP contribution is 2.16. The topological polar surface area (TPSA) is 24.7 Å². The quantitative estimate of drug-likeness (QED) is 0.512. The largest absolute Gasteiger partial charge is 0.151 e. The summed E-state index contributed by atoms with van der Waals surface area (Å²) in [6.45, 7) is 0. The fourth-order valence-electron chi connectivity index (χ4n) is 1.10. The maximum Gasteiger partial charge on any atom is 0.0857 e. The number of azo groups is 1. The van der Waals surface area contributed by atoms with Gasteiger partial charge in [0.05, 0.1) is 11.4 Å². The Kier molecular flexibility index (Phi) is 4.29. The van der Waals surface area contributed by atoms with Crippen molar-refractivity contribution < 1.29 is 0 Å². The van der Waals surface area contributed by atoms with E-state index in [0.717, 1.165) is 11.4 Å². The predicted octanol–water partition coefficient (Wildman–Crippen LogP) is 3.72. The second-order valence-electron chi connectivity index (χ2n) is 2.87. The van der Waals surface area contributed by atoms with Gasteiger partial charge in [-0.3, -0.25) is 0 Å². The molecule has 0 heterocycles. The summed E-state index contributed by atoms with van der Waals surface area (Å²) in [7, 11) is 0. The van der Waals surface area contributed by atoms with Gasteiger partial charge in [0.25, 0.3) is 0 Å². The number of rotatable bonds is 2. The standard InChI is InChI=1S/C12H10N2.B/c1-3-7-11(8-4-1)13-14-12-9-5-2-6-10-12;/h1-10H;. The second kappa shape index (κ2) is 5.76. The summed E-state index contributed by atoms with van der Waals surface area (Å²) >= 11 is 0. The van der Waals surface area contributed by atoms with Gasteiger partial charge in [-0.1, -0.05) is 36.4 Å². The molecule has 0 aromatic heterocycles. The van der Waals surface area contributed by atoms with Crippen LogP contribution in [0.5, 0.6) is 0 Å². The second-order valence-corrected chi connectivity index (χ2v) is 2.87. The molecule has 0 N–H and O–H groups in total. The molecule has 0 unspecified atom stereocenters. The smallest absolute Gasteiger partial charge is 0.0857 e. The van der Waals surface area contributed by atoms with E-state index in [-0.39, 0.29) is 8.41 Å². The van der Waals surface area contributed by atoms with Crippen molar-refractivity contribution in [2.45, 2.75) is 0 Å². The number of hydrogen-bond acceptors (Lipinski definition) is 2. The zero-order valence-corrected chi connectivity index (χ0v) is 8.25. The molecule has 3 radical (unpaired) electrons. The first-order valence-electron chi connectivity index (χ1n) is 4.47. The van der Waals surface area contributed by atoms with E-state index < -0.39 is 0 Å². The molecule has 0 fully saturated rings. The Morgan fingerprint density at radius 1 is 0.533 bits per heavy atom. The first-order chi connectivity index (χ1) is 6.95. The molecule has 0 saturated heterocycles. The normalized spacial score (nSPS) is 9.87. The van der Waals surface area contributed by atoms with Crippen LogP contribution in [-0.4, -0.2) is 8.41 Å². The van der Waals surface area contributed by atoms with Crippen LogP contribution in [0.3, 0.4) is 0 Å². The van der Waals surface area contributed by atoms with Crippen LogP contribution in [0.2, 0.25) is 0 Å². The molecule has 0 spiro atoms. The van der Waals surface area contributed by atoms with Crippen LogP contribution in [0.4, 0.5) is 11.4 Å². The van der Waals surface area contributed by atoms with Gasteiger partial charge in [-0.15, -0.1) is 0 Å². The molecule has 0 bridgehead atoms. The monoisotopic (exact) mass is 193 g/mol. The first kappa shape index (κ1) is 11.2. The van der Waals surface area contributed by atoms with Crippen LogP contribution in [-0.2, 0) is 0 Å².